The second-order valence-corrected chi connectivity index (χ2v) is 3.49. The Bertz CT molecular complexity index is 651. The first-order valence-corrected chi connectivity index (χ1v) is 4.64. The van der Waals surface area contributed by atoms with Gasteiger partial charge in [-0.25, -0.2) is 9.37 Å². The summed E-state index contributed by atoms with van der Waals surface area (Å²) in [5.74, 6) is -1.18. The normalized spacial score (nSPS) is 10.6. The SMILES string of the molecule is C=C(O)c1c[nH]c2nc(Cl)c(F)cc2c1=O. The van der Waals surface area contributed by atoms with Crippen LogP contribution >= 0.6 is 11.6 Å². The Morgan fingerprint density at radius 2 is 2.31 bits per heavy atom. The van der Waals surface area contributed by atoms with Gasteiger partial charge in [0.15, 0.2) is 11.0 Å². The van der Waals surface area contributed by atoms with E-state index in [2.05, 4.69) is 16.5 Å². The predicted octanol–water partition coefficient (Wildman–Crippen LogP) is 2.24. The quantitative estimate of drug-likeness (QED) is 0.593. The largest absolute Gasteiger partial charge is 0.508 e. The molecule has 0 radical (unpaired) electrons. The van der Waals surface area contributed by atoms with Gasteiger partial charge in [0.1, 0.15) is 11.4 Å². The molecule has 2 aromatic heterocycles. The number of aliphatic hydroxyl groups excluding tert-OH is 1. The molecule has 2 rings (SSSR count). The Morgan fingerprint density at radius 1 is 1.62 bits per heavy atom. The number of aromatic nitrogens is 2. The van der Waals surface area contributed by atoms with E-state index in [1.54, 1.807) is 0 Å². The highest BCUT2D eigenvalue weighted by Gasteiger charge is 2.11. The van der Waals surface area contributed by atoms with Gasteiger partial charge in [-0.15, -0.1) is 0 Å². The van der Waals surface area contributed by atoms with Crippen LogP contribution in [0.3, 0.4) is 0 Å². The highest BCUT2D eigenvalue weighted by molar-refractivity contribution is 6.29. The Morgan fingerprint density at radius 3 is 2.94 bits per heavy atom. The molecule has 2 aromatic rings. The molecular formula is C10H6ClFN2O2. The Balaban J connectivity index is 2.90. The molecule has 0 fully saturated rings. The Labute approximate surface area is 94.0 Å². The summed E-state index contributed by atoms with van der Waals surface area (Å²) >= 11 is 5.47. The second kappa shape index (κ2) is 3.61. The summed E-state index contributed by atoms with van der Waals surface area (Å²) in [4.78, 5) is 18.0. The maximum atomic E-state index is 13.1. The van der Waals surface area contributed by atoms with Crippen LogP contribution in [0.25, 0.3) is 16.8 Å². The van der Waals surface area contributed by atoms with Crippen molar-refractivity contribution in [1.29, 1.82) is 0 Å². The molecule has 0 atom stereocenters. The third-order valence-electron chi connectivity index (χ3n) is 2.09. The van der Waals surface area contributed by atoms with Crippen LogP contribution in [0.4, 0.5) is 4.39 Å². The van der Waals surface area contributed by atoms with E-state index in [1.807, 2.05) is 0 Å². The number of hydrogen-bond acceptors (Lipinski definition) is 3. The summed E-state index contributed by atoms with van der Waals surface area (Å²) in [6, 6.07) is 0.968. The average molecular weight is 241 g/mol. The zero-order valence-electron chi connectivity index (χ0n) is 7.92. The molecule has 0 spiro atoms. The van der Waals surface area contributed by atoms with Crippen LogP contribution in [0.5, 0.6) is 0 Å². The van der Waals surface area contributed by atoms with Crippen molar-refractivity contribution in [2.45, 2.75) is 0 Å². The Kier molecular flexibility index (Phi) is 2.40. The van der Waals surface area contributed by atoms with Crippen molar-refractivity contribution in [3.8, 4) is 0 Å². The molecule has 0 aromatic carbocycles. The summed E-state index contributed by atoms with van der Waals surface area (Å²) in [5, 5.41) is 8.82. The number of hydrogen-bond donors (Lipinski definition) is 2. The molecule has 16 heavy (non-hydrogen) atoms. The lowest BCUT2D eigenvalue weighted by Crippen LogP contribution is -2.10. The first kappa shape index (κ1) is 10.6. The van der Waals surface area contributed by atoms with Gasteiger partial charge in [-0.3, -0.25) is 4.79 Å². The number of H-pyrrole nitrogens is 1. The molecule has 2 N–H and O–H groups in total. The van der Waals surface area contributed by atoms with E-state index in [-0.39, 0.29) is 21.7 Å². The molecule has 0 saturated carbocycles. The molecule has 0 aliphatic rings. The fraction of sp³-hybridized carbons (Fsp3) is 0. The lowest BCUT2D eigenvalue weighted by Gasteiger charge is -2.02. The fourth-order valence-electron chi connectivity index (χ4n) is 1.32. The number of halogens is 2. The van der Waals surface area contributed by atoms with E-state index in [0.717, 1.165) is 6.07 Å². The standard InChI is InChI=1S/C10H6ClFN2O2/c1-4(15)6-3-13-10-5(8(6)16)2-7(12)9(11)14-10/h2-3,15H,1H2,(H,13,14,16). The molecule has 0 unspecified atom stereocenters. The fourth-order valence-corrected chi connectivity index (χ4v) is 1.45. The van der Waals surface area contributed by atoms with Crippen molar-refractivity contribution in [2.24, 2.45) is 0 Å². The minimum Gasteiger partial charge on any atom is -0.508 e. The summed E-state index contributed by atoms with van der Waals surface area (Å²) in [6.07, 6.45) is 1.24. The van der Waals surface area contributed by atoms with Gasteiger partial charge in [-0.1, -0.05) is 18.2 Å². The van der Waals surface area contributed by atoms with E-state index >= 15 is 0 Å². The second-order valence-electron chi connectivity index (χ2n) is 3.14. The number of nitrogens with zero attached hydrogens (tertiary/aromatic N) is 1. The van der Waals surface area contributed by atoms with E-state index in [1.165, 1.54) is 6.20 Å². The summed E-state index contributed by atoms with van der Waals surface area (Å²) in [6.45, 7) is 3.23. The van der Waals surface area contributed by atoms with Gasteiger partial charge < -0.3 is 10.1 Å². The first-order chi connectivity index (χ1) is 7.50. The van der Waals surface area contributed by atoms with Crippen LogP contribution in [-0.4, -0.2) is 15.1 Å². The molecular weight excluding hydrogens is 235 g/mol. The summed E-state index contributed by atoms with van der Waals surface area (Å²) in [5.41, 5.74) is -0.429. The molecule has 2 heterocycles. The highest BCUT2D eigenvalue weighted by Crippen LogP contribution is 2.16. The average Bonchev–Trinajstić information content (AvgIpc) is 2.21. The Hall–Kier alpha value is -1.88. The smallest absolute Gasteiger partial charge is 0.202 e. The van der Waals surface area contributed by atoms with Crippen molar-refractivity contribution < 1.29 is 9.50 Å². The topological polar surface area (TPSA) is 66.0 Å². The van der Waals surface area contributed by atoms with Crippen LogP contribution in [0.1, 0.15) is 5.56 Å². The van der Waals surface area contributed by atoms with Gasteiger partial charge in [0, 0.05) is 6.20 Å². The number of pyridine rings is 2. The van der Waals surface area contributed by atoms with E-state index in [9.17, 15) is 9.18 Å². The molecule has 82 valence electrons. The third kappa shape index (κ3) is 1.55. The van der Waals surface area contributed by atoms with E-state index in [4.69, 9.17) is 16.7 Å². The number of nitrogens with one attached hydrogen (secondary N) is 1. The van der Waals surface area contributed by atoms with Gasteiger partial charge in [0.25, 0.3) is 0 Å². The summed E-state index contributed by atoms with van der Waals surface area (Å²) in [7, 11) is 0. The van der Waals surface area contributed by atoms with Gasteiger partial charge in [-0.2, -0.15) is 0 Å². The number of rotatable bonds is 1. The molecule has 6 heteroatoms. The maximum absolute atomic E-state index is 13.1. The van der Waals surface area contributed by atoms with Crippen molar-refractivity contribution in [3.05, 3.63) is 45.6 Å². The number of fused-ring (bicyclic) bond motifs is 1. The number of aliphatic hydroxyl groups is 1. The van der Waals surface area contributed by atoms with Crippen molar-refractivity contribution in [1.82, 2.24) is 9.97 Å². The predicted molar refractivity (Wildman–Crippen MR) is 59.0 cm³/mol. The minimum absolute atomic E-state index is 0.00889. The molecule has 0 saturated heterocycles. The number of aromatic amines is 1. The lowest BCUT2D eigenvalue weighted by atomic mass is 10.2. The third-order valence-corrected chi connectivity index (χ3v) is 2.35. The van der Waals surface area contributed by atoms with Gasteiger partial charge >= 0.3 is 0 Å². The molecule has 4 nitrogen and oxygen atoms in total. The van der Waals surface area contributed by atoms with Gasteiger partial charge in [0.05, 0.1) is 10.9 Å². The monoisotopic (exact) mass is 240 g/mol. The van der Waals surface area contributed by atoms with Crippen LogP contribution in [0.2, 0.25) is 5.15 Å². The molecule has 0 aliphatic heterocycles. The van der Waals surface area contributed by atoms with Crippen LogP contribution in [0.15, 0.2) is 23.6 Å². The van der Waals surface area contributed by atoms with Crippen molar-refractivity contribution >= 4 is 28.4 Å². The molecule has 0 aliphatic carbocycles. The van der Waals surface area contributed by atoms with Gasteiger partial charge in [-0.05, 0) is 6.07 Å². The first-order valence-electron chi connectivity index (χ1n) is 4.26. The van der Waals surface area contributed by atoms with Crippen LogP contribution < -0.4 is 5.43 Å². The van der Waals surface area contributed by atoms with E-state index < -0.39 is 17.0 Å². The van der Waals surface area contributed by atoms with Crippen molar-refractivity contribution in [2.75, 3.05) is 0 Å². The van der Waals surface area contributed by atoms with Crippen molar-refractivity contribution in [3.63, 3.8) is 0 Å². The van der Waals surface area contributed by atoms with Gasteiger partial charge in [0.2, 0.25) is 5.43 Å². The maximum Gasteiger partial charge on any atom is 0.202 e. The zero-order valence-corrected chi connectivity index (χ0v) is 8.68. The van der Waals surface area contributed by atoms with Crippen LogP contribution in [-0.2, 0) is 0 Å². The zero-order chi connectivity index (χ0) is 11.9. The minimum atomic E-state index is -0.791. The lowest BCUT2D eigenvalue weighted by molar-refractivity contribution is 0.513. The highest BCUT2D eigenvalue weighted by atomic mass is 35.5. The molecule has 0 amide bonds. The van der Waals surface area contributed by atoms with E-state index in [0.29, 0.717) is 0 Å². The van der Waals surface area contributed by atoms with Crippen LogP contribution in [0, 0.1) is 5.82 Å². The molecule has 0 bridgehead atoms. The summed E-state index contributed by atoms with van der Waals surface area (Å²) < 4.78 is 13.1.